The molecule has 1 unspecified atom stereocenters. The van der Waals surface area contributed by atoms with Crippen molar-refractivity contribution < 1.29 is 14.2 Å². The quantitative estimate of drug-likeness (QED) is 0.865. The van der Waals surface area contributed by atoms with Crippen LogP contribution in [-0.4, -0.2) is 18.8 Å². The lowest BCUT2D eigenvalue weighted by Crippen LogP contribution is -2.05. The van der Waals surface area contributed by atoms with Gasteiger partial charge in [-0.05, 0) is 17.7 Å². The van der Waals surface area contributed by atoms with Crippen LogP contribution in [0.25, 0.3) is 0 Å². The third-order valence-electron chi connectivity index (χ3n) is 2.25. The topological polar surface area (TPSA) is 29.5 Å². The highest BCUT2D eigenvalue weighted by Gasteiger charge is 2.15. The maximum Gasteiger partial charge on any atom is 0.132 e. The Labute approximate surface area is 93.6 Å². The van der Waals surface area contributed by atoms with Crippen LogP contribution in [0, 0.1) is 5.82 Å². The molecule has 0 heterocycles. The lowest BCUT2D eigenvalue weighted by Gasteiger charge is -2.13. The molecule has 0 amide bonds. The fraction of sp³-hybridized carbons (Fsp3) is 0.455. The predicted molar refractivity (Wildman–Crippen MR) is 57.6 cm³/mol. The molecule has 0 saturated heterocycles. The van der Waals surface area contributed by atoms with Gasteiger partial charge in [0.25, 0.3) is 0 Å². The van der Waals surface area contributed by atoms with Gasteiger partial charge in [-0.1, -0.05) is 18.5 Å². The lowest BCUT2D eigenvalue weighted by molar-refractivity contribution is 0.181. The maximum absolute atomic E-state index is 13.8. The van der Waals surface area contributed by atoms with E-state index in [-0.39, 0.29) is 24.9 Å². The minimum Gasteiger partial charge on any atom is -0.396 e. The van der Waals surface area contributed by atoms with Gasteiger partial charge in [-0.3, -0.25) is 0 Å². The van der Waals surface area contributed by atoms with Crippen LogP contribution in [0.15, 0.2) is 12.1 Å². The van der Waals surface area contributed by atoms with Crippen LogP contribution in [0.2, 0.25) is 5.02 Å². The normalized spacial score (nSPS) is 12.9. The summed E-state index contributed by atoms with van der Waals surface area (Å²) < 4.78 is 18.7. The second-order valence-electron chi connectivity index (χ2n) is 3.48. The van der Waals surface area contributed by atoms with Gasteiger partial charge in [0.15, 0.2) is 0 Å². The van der Waals surface area contributed by atoms with Crippen LogP contribution in [0.3, 0.4) is 0 Å². The number of halogens is 2. The highest BCUT2D eigenvalue weighted by atomic mass is 35.5. The van der Waals surface area contributed by atoms with E-state index in [1.165, 1.54) is 19.2 Å². The van der Waals surface area contributed by atoms with Gasteiger partial charge in [0.05, 0.1) is 6.61 Å². The van der Waals surface area contributed by atoms with Crippen molar-refractivity contribution in [3.63, 3.8) is 0 Å². The Morgan fingerprint density at radius 1 is 1.53 bits per heavy atom. The Morgan fingerprint density at radius 3 is 2.73 bits per heavy atom. The van der Waals surface area contributed by atoms with Gasteiger partial charge >= 0.3 is 0 Å². The zero-order chi connectivity index (χ0) is 11.4. The molecular formula is C11H14ClFO2. The molecule has 1 aromatic rings. The molecule has 0 spiro atoms. The van der Waals surface area contributed by atoms with Crippen molar-refractivity contribution >= 4 is 11.6 Å². The molecule has 1 rings (SSSR count). The molecule has 0 fully saturated rings. The van der Waals surface area contributed by atoms with E-state index in [2.05, 4.69) is 0 Å². The molecule has 2 nitrogen and oxygen atoms in total. The first-order valence-corrected chi connectivity index (χ1v) is 5.05. The van der Waals surface area contributed by atoms with E-state index in [4.69, 9.17) is 21.4 Å². The summed E-state index contributed by atoms with van der Waals surface area (Å²) >= 11 is 5.85. The Kier molecular flexibility index (Phi) is 4.51. The van der Waals surface area contributed by atoms with Crippen molar-refractivity contribution in [3.8, 4) is 0 Å². The van der Waals surface area contributed by atoms with Gasteiger partial charge in [-0.15, -0.1) is 0 Å². The largest absolute Gasteiger partial charge is 0.396 e. The second-order valence-corrected chi connectivity index (χ2v) is 3.92. The van der Waals surface area contributed by atoms with Gasteiger partial charge in [0, 0.05) is 30.2 Å². The van der Waals surface area contributed by atoms with Crippen molar-refractivity contribution in [1.82, 2.24) is 0 Å². The number of methoxy groups -OCH3 is 1. The van der Waals surface area contributed by atoms with Gasteiger partial charge < -0.3 is 9.84 Å². The van der Waals surface area contributed by atoms with Crippen LogP contribution < -0.4 is 0 Å². The van der Waals surface area contributed by atoms with Gasteiger partial charge in [0.2, 0.25) is 0 Å². The smallest absolute Gasteiger partial charge is 0.132 e. The Morgan fingerprint density at radius 2 is 2.20 bits per heavy atom. The van der Waals surface area contributed by atoms with E-state index in [1.54, 1.807) is 6.92 Å². The van der Waals surface area contributed by atoms with E-state index in [0.29, 0.717) is 16.1 Å². The Balaban J connectivity index is 3.15. The summed E-state index contributed by atoms with van der Waals surface area (Å²) in [4.78, 5) is 0. The number of ether oxygens (including phenoxy) is 1. The second kappa shape index (κ2) is 5.45. The molecule has 0 saturated carbocycles. The Bertz CT molecular complexity index is 342. The van der Waals surface area contributed by atoms with E-state index < -0.39 is 0 Å². The maximum atomic E-state index is 13.8. The lowest BCUT2D eigenvalue weighted by atomic mass is 9.99. The molecule has 0 aliphatic heterocycles. The van der Waals surface area contributed by atoms with E-state index in [1.807, 2.05) is 0 Å². The zero-order valence-corrected chi connectivity index (χ0v) is 9.51. The third kappa shape index (κ3) is 2.91. The third-order valence-corrected chi connectivity index (χ3v) is 2.46. The van der Waals surface area contributed by atoms with Crippen molar-refractivity contribution in [3.05, 3.63) is 34.1 Å². The molecule has 1 aromatic carbocycles. The van der Waals surface area contributed by atoms with Crippen molar-refractivity contribution in [2.75, 3.05) is 13.7 Å². The summed E-state index contributed by atoms with van der Waals surface area (Å²) in [5.41, 5.74) is 0.845. The first kappa shape index (κ1) is 12.4. The number of aliphatic hydroxyl groups excluding tert-OH is 1. The fourth-order valence-electron chi connectivity index (χ4n) is 1.39. The van der Waals surface area contributed by atoms with Crippen molar-refractivity contribution in [1.29, 1.82) is 0 Å². The fourth-order valence-corrected chi connectivity index (χ4v) is 1.64. The van der Waals surface area contributed by atoms with Crippen molar-refractivity contribution in [2.24, 2.45) is 0 Å². The number of benzene rings is 1. The Hall–Kier alpha value is -0.640. The van der Waals surface area contributed by atoms with Gasteiger partial charge in [0.1, 0.15) is 5.82 Å². The molecule has 15 heavy (non-hydrogen) atoms. The molecule has 1 atom stereocenters. The van der Waals surface area contributed by atoms with E-state index in [9.17, 15) is 4.39 Å². The van der Waals surface area contributed by atoms with Crippen molar-refractivity contribution in [2.45, 2.75) is 19.4 Å². The zero-order valence-electron chi connectivity index (χ0n) is 8.76. The minimum atomic E-state index is -0.345. The SMILES string of the molecule is COCc1cc(Cl)cc(C(C)CO)c1F. The first-order valence-electron chi connectivity index (χ1n) is 4.67. The number of rotatable bonds is 4. The molecule has 0 radical (unpaired) electrons. The monoisotopic (exact) mass is 232 g/mol. The molecule has 84 valence electrons. The van der Waals surface area contributed by atoms with Gasteiger partial charge in [-0.25, -0.2) is 4.39 Å². The summed E-state index contributed by atoms with van der Waals surface area (Å²) in [6, 6.07) is 3.07. The molecule has 0 aromatic heterocycles. The number of aliphatic hydroxyl groups is 1. The number of hydrogen-bond acceptors (Lipinski definition) is 2. The van der Waals surface area contributed by atoms with Crippen LogP contribution in [0.5, 0.6) is 0 Å². The first-order chi connectivity index (χ1) is 7.10. The molecule has 1 N–H and O–H groups in total. The van der Waals surface area contributed by atoms with E-state index >= 15 is 0 Å². The van der Waals surface area contributed by atoms with E-state index in [0.717, 1.165) is 0 Å². The summed E-state index contributed by atoms with van der Waals surface area (Å²) in [6.07, 6.45) is 0. The summed E-state index contributed by atoms with van der Waals surface area (Å²) in [5, 5.41) is 9.44. The summed E-state index contributed by atoms with van der Waals surface area (Å²) in [5.74, 6) is -0.609. The number of hydrogen-bond donors (Lipinski definition) is 1. The highest BCUT2D eigenvalue weighted by molar-refractivity contribution is 6.30. The van der Waals surface area contributed by atoms with Crippen LogP contribution in [0.1, 0.15) is 24.0 Å². The van der Waals surface area contributed by atoms with Gasteiger partial charge in [-0.2, -0.15) is 0 Å². The van der Waals surface area contributed by atoms with Crippen LogP contribution >= 0.6 is 11.6 Å². The standard InChI is InChI=1S/C11H14ClFO2/c1-7(5-14)10-4-9(12)3-8(6-15-2)11(10)13/h3-4,7,14H,5-6H2,1-2H3. The van der Waals surface area contributed by atoms with Crippen LogP contribution in [-0.2, 0) is 11.3 Å². The molecule has 0 bridgehead atoms. The summed E-state index contributed by atoms with van der Waals surface area (Å²) in [6.45, 7) is 1.81. The average Bonchev–Trinajstić information content (AvgIpc) is 2.22. The molecular weight excluding hydrogens is 219 g/mol. The highest BCUT2D eigenvalue weighted by Crippen LogP contribution is 2.26. The molecule has 0 aliphatic carbocycles. The molecule has 0 aliphatic rings. The summed E-state index contributed by atoms with van der Waals surface area (Å²) in [7, 11) is 1.50. The average molecular weight is 233 g/mol. The molecule has 4 heteroatoms. The minimum absolute atomic E-state index is 0.107. The predicted octanol–water partition coefficient (Wildman–Crippen LogP) is 2.72. The van der Waals surface area contributed by atoms with Crippen LogP contribution in [0.4, 0.5) is 4.39 Å².